The van der Waals surface area contributed by atoms with E-state index >= 15 is 0 Å². The number of nitrogens with one attached hydrogen (secondary N) is 4. The molecule has 1 rings (SSSR count). The van der Waals surface area contributed by atoms with Gasteiger partial charge in [0.25, 0.3) is 0 Å². The first kappa shape index (κ1) is 26.5. The molecule has 0 saturated carbocycles. The molecule has 14 heteroatoms. The molecular weight excluding hydrogens is 426 g/mol. The summed E-state index contributed by atoms with van der Waals surface area (Å²) < 4.78 is 0. The van der Waals surface area contributed by atoms with Crippen molar-refractivity contribution in [3.63, 3.8) is 0 Å². The Bertz CT molecular complexity index is 813. The molecule has 178 valence electrons. The fraction of sp³-hybridized carbons (Fsp3) is 0.556. The average molecular weight is 455 g/mol. The molecule has 14 nitrogen and oxygen atoms in total. The number of aliphatic hydroxyl groups is 1. The normalized spacial score (nSPS) is 15.5. The second kappa shape index (κ2) is 12.4. The number of nitrogens with zero attached hydrogens (tertiary/aromatic N) is 1. The molecule has 0 aliphatic carbocycles. The van der Waals surface area contributed by atoms with Crippen LogP contribution in [0.5, 0.6) is 0 Å². The minimum Gasteiger partial charge on any atom is -0.480 e. The van der Waals surface area contributed by atoms with E-state index in [1.807, 2.05) is 0 Å². The third kappa shape index (κ3) is 8.69. The highest BCUT2D eigenvalue weighted by Crippen LogP contribution is 2.02. The highest BCUT2D eigenvalue weighted by atomic mass is 16.4. The maximum atomic E-state index is 12.6. The number of rotatable bonds is 13. The first-order valence-electron chi connectivity index (χ1n) is 9.75. The standard InChI is InChI=1S/C18H29N7O7/c1-8(15(28)25-12(18(31)32)5-10-6-21-7-22-10)23-16(29)11(3-4-13(19)27)24-17(30)14(20)9(2)26/h6-9,11-12,14,26H,3-5,20H2,1-2H3,(H2,19,27)(H,21,22)(H,23,29)(H,24,30)(H,25,28)(H,31,32). The number of aromatic nitrogens is 2. The lowest BCUT2D eigenvalue weighted by Gasteiger charge is -2.24. The van der Waals surface area contributed by atoms with Crippen molar-refractivity contribution in [3.05, 3.63) is 18.2 Å². The second-order valence-electron chi connectivity index (χ2n) is 7.24. The van der Waals surface area contributed by atoms with Crippen LogP contribution in [0.25, 0.3) is 0 Å². The number of aliphatic carboxylic acids is 1. The predicted molar refractivity (Wildman–Crippen MR) is 109 cm³/mol. The molecule has 0 saturated heterocycles. The Morgan fingerprint density at radius 1 is 1.06 bits per heavy atom. The molecular formula is C18H29N7O7. The third-order valence-electron chi connectivity index (χ3n) is 4.48. The number of imidazole rings is 1. The summed E-state index contributed by atoms with van der Waals surface area (Å²) >= 11 is 0. The van der Waals surface area contributed by atoms with Crippen LogP contribution in [0.2, 0.25) is 0 Å². The molecule has 5 atom stereocenters. The number of aliphatic hydroxyl groups excluding tert-OH is 1. The van der Waals surface area contributed by atoms with Gasteiger partial charge in [0, 0.05) is 24.7 Å². The number of H-pyrrole nitrogens is 1. The van der Waals surface area contributed by atoms with E-state index in [9.17, 15) is 34.2 Å². The van der Waals surface area contributed by atoms with E-state index in [1.165, 1.54) is 26.4 Å². The van der Waals surface area contributed by atoms with Crippen molar-refractivity contribution in [2.75, 3.05) is 0 Å². The summed E-state index contributed by atoms with van der Waals surface area (Å²) in [6.07, 6.45) is 1.11. The van der Waals surface area contributed by atoms with E-state index < -0.39 is 59.9 Å². The summed E-state index contributed by atoms with van der Waals surface area (Å²) in [4.78, 5) is 66.1. The van der Waals surface area contributed by atoms with Crippen LogP contribution in [0.15, 0.2) is 12.5 Å². The number of carboxylic acid groups (broad SMARTS) is 1. The molecule has 10 N–H and O–H groups in total. The van der Waals surface area contributed by atoms with Crippen LogP contribution in [-0.2, 0) is 30.4 Å². The number of hydrogen-bond acceptors (Lipinski definition) is 8. The predicted octanol–water partition coefficient (Wildman–Crippen LogP) is -3.52. The molecule has 1 heterocycles. The zero-order valence-corrected chi connectivity index (χ0v) is 17.7. The fourth-order valence-electron chi connectivity index (χ4n) is 2.53. The summed E-state index contributed by atoms with van der Waals surface area (Å²) in [7, 11) is 0. The Morgan fingerprint density at radius 2 is 1.69 bits per heavy atom. The molecule has 0 fully saturated rings. The SMILES string of the molecule is CC(NC(=O)C(CCC(N)=O)NC(=O)C(N)C(C)O)C(=O)NC(Cc1cnc[nH]1)C(=O)O. The number of hydrogen-bond donors (Lipinski definition) is 8. The van der Waals surface area contributed by atoms with Gasteiger partial charge in [-0.05, 0) is 20.3 Å². The zero-order valence-electron chi connectivity index (χ0n) is 17.7. The van der Waals surface area contributed by atoms with Gasteiger partial charge in [-0.25, -0.2) is 9.78 Å². The lowest BCUT2D eigenvalue weighted by molar-refractivity contribution is -0.142. The van der Waals surface area contributed by atoms with Crippen molar-refractivity contribution in [2.24, 2.45) is 11.5 Å². The van der Waals surface area contributed by atoms with Crippen LogP contribution in [-0.4, -0.2) is 80.1 Å². The van der Waals surface area contributed by atoms with Gasteiger partial charge in [-0.15, -0.1) is 0 Å². The average Bonchev–Trinajstić information content (AvgIpc) is 3.22. The van der Waals surface area contributed by atoms with Gasteiger partial charge in [0.2, 0.25) is 23.6 Å². The van der Waals surface area contributed by atoms with Crippen LogP contribution in [0.3, 0.4) is 0 Å². The largest absolute Gasteiger partial charge is 0.480 e. The Morgan fingerprint density at radius 3 is 2.19 bits per heavy atom. The Balaban J connectivity index is 2.78. The molecule has 0 bridgehead atoms. The van der Waals surface area contributed by atoms with Crippen LogP contribution in [0.4, 0.5) is 0 Å². The van der Waals surface area contributed by atoms with Crippen molar-refractivity contribution in [3.8, 4) is 0 Å². The minimum absolute atomic E-state index is 0.0593. The first-order chi connectivity index (χ1) is 14.9. The van der Waals surface area contributed by atoms with E-state index in [0.29, 0.717) is 5.69 Å². The van der Waals surface area contributed by atoms with Gasteiger partial charge in [0.05, 0.1) is 12.4 Å². The van der Waals surface area contributed by atoms with Gasteiger partial charge in [-0.3, -0.25) is 19.2 Å². The van der Waals surface area contributed by atoms with E-state index in [4.69, 9.17) is 11.5 Å². The van der Waals surface area contributed by atoms with E-state index in [0.717, 1.165) is 0 Å². The molecule has 0 aromatic carbocycles. The van der Waals surface area contributed by atoms with E-state index in [1.54, 1.807) is 0 Å². The van der Waals surface area contributed by atoms with Crippen molar-refractivity contribution < 1.29 is 34.2 Å². The Kier molecular flexibility index (Phi) is 10.2. The number of carboxylic acids is 1. The maximum Gasteiger partial charge on any atom is 0.326 e. The van der Waals surface area contributed by atoms with E-state index in [2.05, 4.69) is 25.9 Å². The fourth-order valence-corrected chi connectivity index (χ4v) is 2.53. The maximum absolute atomic E-state index is 12.6. The van der Waals surface area contributed by atoms with Gasteiger partial charge in [0.15, 0.2) is 0 Å². The van der Waals surface area contributed by atoms with Gasteiger partial charge in [0.1, 0.15) is 24.2 Å². The molecule has 1 aromatic heterocycles. The molecule has 0 radical (unpaired) electrons. The third-order valence-corrected chi connectivity index (χ3v) is 4.48. The van der Waals surface area contributed by atoms with Gasteiger partial charge < -0.3 is 42.6 Å². The Labute approximate surface area is 183 Å². The molecule has 0 aliphatic rings. The number of carbonyl (C=O) groups is 5. The van der Waals surface area contributed by atoms with E-state index in [-0.39, 0.29) is 19.3 Å². The Hall–Kier alpha value is -3.52. The molecule has 4 amide bonds. The molecule has 1 aromatic rings. The smallest absolute Gasteiger partial charge is 0.326 e. The van der Waals surface area contributed by atoms with Gasteiger partial charge in [-0.1, -0.05) is 0 Å². The highest BCUT2D eigenvalue weighted by molar-refractivity contribution is 5.94. The molecule has 0 spiro atoms. The quantitative estimate of drug-likeness (QED) is 0.147. The topological polar surface area (TPSA) is 243 Å². The van der Waals surface area contributed by atoms with Crippen molar-refractivity contribution in [2.45, 2.75) is 63.4 Å². The van der Waals surface area contributed by atoms with Crippen molar-refractivity contribution >= 4 is 29.6 Å². The summed E-state index contributed by atoms with van der Waals surface area (Å²) in [6, 6.07) is -5.05. The zero-order chi connectivity index (χ0) is 24.4. The lowest BCUT2D eigenvalue weighted by Crippen LogP contribution is -2.57. The van der Waals surface area contributed by atoms with Crippen LogP contribution in [0.1, 0.15) is 32.4 Å². The number of amides is 4. The van der Waals surface area contributed by atoms with Gasteiger partial charge >= 0.3 is 5.97 Å². The van der Waals surface area contributed by atoms with Gasteiger partial charge in [-0.2, -0.15) is 0 Å². The minimum atomic E-state index is -1.32. The number of nitrogens with two attached hydrogens (primary N) is 2. The highest BCUT2D eigenvalue weighted by Gasteiger charge is 2.29. The monoisotopic (exact) mass is 455 g/mol. The lowest BCUT2D eigenvalue weighted by atomic mass is 10.1. The summed E-state index contributed by atoms with van der Waals surface area (Å²) in [5, 5.41) is 25.7. The second-order valence-corrected chi connectivity index (χ2v) is 7.24. The molecule has 0 aliphatic heterocycles. The van der Waals surface area contributed by atoms with Crippen molar-refractivity contribution in [1.29, 1.82) is 0 Å². The van der Waals surface area contributed by atoms with Crippen LogP contribution < -0.4 is 27.4 Å². The summed E-state index contributed by atoms with van der Waals surface area (Å²) in [5.41, 5.74) is 11.1. The molecule has 32 heavy (non-hydrogen) atoms. The molecule has 5 unspecified atom stereocenters. The number of carbonyl (C=O) groups excluding carboxylic acids is 4. The number of primary amides is 1. The van der Waals surface area contributed by atoms with Crippen LogP contribution in [0, 0.1) is 0 Å². The summed E-state index contributed by atoms with van der Waals surface area (Å²) in [5.74, 6) is -4.45. The van der Waals surface area contributed by atoms with Crippen molar-refractivity contribution in [1.82, 2.24) is 25.9 Å². The first-order valence-corrected chi connectivity index (χ1v) is 9.75. The number of aromatic amines is 1. The summed E-state index contributed by atoms with van der Waals surface area (Å²) in [6.45, 7) is 2.61. The van der Waals surface area contributed by atoms with Crippen LogP contribution >= 0.6 is 0 Å².